The largest absolute Gasteiger partial charge is 0.342 e. The number of rotatable bonds is 6. The molecule has 19 heavy (non-hydrogen) atoms. The molecular weight excluding hydrogens is 238 g/mol. The van der Waals surface area contributed by atoms with Gasteiger partial charge in [0.25, 0.3) is 0 Å². The van der Waals surface area contributed by atoms with E-state index < -0.39 is 0 Å². The Balaban J connectivity index is 1.83. The number of amides is 1. The zero-order chi connectivity index (χ0) is 13.8. The number of hydrogen-bond acceptors (Lipinski definition) is 3. The van der Waals surface area contributed by atoms with E-state index in [-0.39, 0.29) is 5.91 Å². The molecule has 1 atom stereocenters. The van der Waals surface area contributed by atoms with Crippen molar-refractivity contribution >= 4 is 5.91 Å². The van der Waals surface area contributed by atoms with Crippen LogP contribution in [0.5, 0.6) is 0 Å². The second-order valence-electron chi connectivity index (χ2n) is 6.41. The van der Waals surface area contributed by atoms with Gasteiger partial charge in [0.15, 0.2) is 0 Å². The first kappa shape index (κ1) is 14.8. The smallest absolute Gasteiger partial charge is 0.236 e. The second-order valence-corrected chi connectivity index (χ2v) is 6.41. The minimum absolute atomic E-state index is 0.262. The number of hydrogen-bond donors (Lipinski definition) is 1. The Morgan fingerprint density at radius 2 is 2.00 bits per heavy atom. The van der Waals surface area contributed by atoms with Crippen molar-refractivity contribution in [2.24, 2.45) is 0 Å². The van der Waals surface area contributed by atoms with Gasteiger partial charge in [-0.15, -0.1) is 0 Å². The summed E-state index contributed by atoms with van der Waals surface area (Å²) in [7, 11) is 1.91. The molecule has 0 bridgehead atoms. The monoisotopic (exact) mass is 267 g/mol. The number of carbonyl (C=O) groups excluding carboxylic acids is 1. The van der Waals surface area contributed by atoms with Crippen LogP contribution in [0.2, 0.25) is 0 Å². The van der Waals surface area contributed by atoms with E-state index in [0.29, 0.717) is 24.7 Å². The molecule has 1 aliphatic carbocycles. The van der Waals surface area contributed by atoms with Crippen LogP contribution < -0.4 is 5.32 Å². The summed E-state index contributed by atoms with van der Waals surface area (Å²) in [4.78, 5) is 16.5. The van der Waals surface area contributed by atoms with E-state index in [1.165, 1.54) is 32.1 Å². The highest BCUT2D eigenvalue weighted by Crippen LogP contribution is 2.27. The summed E-state index contributed by atoms with van der Waals surface area (Å²) >= 11 is 0. The molecule has 1 saturated carbocycles. The van der Waals surface area contributed by atoms with Crippen LogP contribution in [0.3, 0.4) is 0 Å². The summed E-state index contributed by atoms with van der Waals surface area (Å²) in [5, 5.41) is 3.59. The van der Waals surface area contributed by atoms with E-state index >= 15 is 0 Å². The molecule has 0 radical (unpaired) electrons. The van der Waals surface area contributed by atoms with E-state index in [9.17, 15) is 4.79 Å². The van der Waals surface area contributed by atoms with Crippen molar-refractivity contribution in [2.75, 3.05) is 26.7 Å². The van der Waals surface area contributed by atoms with Gasteiger partial charge in [0.2, 0.25) is 5.91 Å². The fourth-order valence-corrected chi connectivity index (χ4v) is 2.72. The van der Waals surface area contributed by atoms with Crippen molar-refractivity contribution in [1.29, 1.82) is 0 Å². The zero-order valence-electron chi connectivity index (χ0n) is 12.7. The van der Waals surface area contributed by atoms with Crippen molar-refractivity contribution in [3.8, 4) is 0 Å². The molecule has 0 spiro atoms. The van der Waals surface area contributed by atoms with Crippen molar-refractivity contribution < 1.29 is 4.79 Å². The topological polar surface area (TPSA) is 35.6 Å². The minimum Gasteiger partial charge on any atom is -0.342 e. The molecule has 0 aromatic carbocycles. The van der Waals surface area contributed by atoms with Crippen molar-refractivity contribution in [1.82, 2.24) is 15.1 Å². The maximum absolute atomic E-state index is 12.2. The zero-order valence-corrected chi connectivity index (χ0v) is 12.7. The Labute approximate surface area is 117 Å². The SMILES string of the molecule is CC(C)N(C)C(=O)CN(CC1CCCCN1)C1CC1. The molecule has 1 N–H and O–H groups in total. The van der Waals surface area contributed by atoms with Crippen LogP contribution >= 0.6 is 0 Å². The third kappa shape index (κ3) is 4.46. The summed E-state index contributed by atoms with van der Waals surface area (Å²) in [5.74, 6) is 0.262. The molecule has 2 fully saturated rings. The van der Waals surface area contributed by atoms with Gasteiger partial charge in [-0.25, -0.2) is 0 Å². The fraction of sp³-hybridized carbons (Fsp3) is 0.933. The van der Waals surface area contributed by atoms with Gasteiger partial charge in [0, 0.05) is 31.7 Å². The summed E-state index contributed by atoms with van der Waals surface area (Å²) in [6.07, 6.45) is 6.43. The van der Waals surface area contributed by atoms with Crippen molar-refractivity contribution in [3.05, 3.63) is 0 Å². The number of nitrogens with zero attached hydrogens (tertiary/aromatic N) is 2. The van der Waals surface area contributed by atoms with Crippen LogP contribution in [0.15, 0.2) is 0 Å². The Morgan fingerprint density at radius 1 is 1.26 bits per heavy atom. The van der Waals surface area contributed by atoms with Crippen LogP contribution in [0.1, 0.15) is 46.0 Å². The molecule has 0 aromatic heterocycles. The third-order valence-corrected chi connectivity index (χ3v) is 4.44. The number of likely N-dealkylation sites (N-methyl/N-ethyl adjacent to an activating group) is 1. The van der Waals surface area contributed by atoms with E-state index in [1.807, 2.05) is 11.9 Å². The molecule has 1 aliphatic heterocycles. The third-order valence-electron chi connectivity index (χ3n) is 4.44. The van der Waals surface area contributed by atoms with E-state index in [0.717, 1.165) is 13.1 Å². The van der Waals surface area contributed by atoms with Crippen LogP contribution in [0, 0.1) is 0 Å². The first-order valence-electron chi connectivity index (χ1n) is 7.81. The van der Waals surface area contributed by atoms with Gasteiger partial charge in [-0.05, 0) is 46.1 Å². The van der Waals surface area contributed by atoms with E-state index in [2.05, 4.69) is 24.1 Å². The van der Waals surface area contributed by atoms with Gasteiger partial charge in [-0.1, -0.05) is 6.42 Å². The Hall–Kier alpha value is -0.610. The van der Waals surface area contributed by atoms with E-state index in [1.54, 1.807) is 0 Å². The molecule has 4 nitrogen and oxygen atoms in total. The van der Waals surface area contributed by atoms with Gasteiger partial charge in [-0.2, -0.15) is 0 Å². The lowest BCUT2D eigenvalue weighted by molar-refractivity contribution is -0.132. The predicted octanol–water partition coefficient (Wildman–Crippen LogP) is 1.46. The molecule has 4 heteroatoms. The highest BCUT2D eigenvalue weighted by Gasteiger charge is 2.32. The average molecular weight is 267 g/mol. The van der Waals surface area contributed by atoms with Crippen LogP contribution in [0.25, 0.3) is 0 Å². The Bertz CT molecular complexity index is 296. The maximum Gasteiger partial charge on any atom is 0.236 e. The molecule has 1 unspecified atom stereocenters. The Kier molecular flexibility index (Phi) is 5.22. The highest BCUT2D eigenvalue weighted by molar-refractivity contribution is 5.78. The van der Waals surface area contributed by atoms with Crippen LogP contribution in [-0.4, -0.2) is 60.5 Å². The molecule has 1 amide bonds. The van der Waals surface area contributed by atoms with Gasteiger partial charge < -0.3 is 10.2 Å². The molecule has 0 aromatic rings. The maximum atomic E-state index is 12.2. The first-order chi connectivity index (χ1) is 9.08. The predicted molar refractivity (Wildman–Crippen MR) is 78.1 cm³/mol. The first-order valence-corrected chi connectivity index (χ1v) is 7.81. The van der Waals surface area contributed by atoms with Crippen molar-refractivity contribution in [2.45, 2.75) is 64.1 Å². The summed E-state index contributed by atoms with van der Waals surface area (Å²) in [5.41, 5.74) is 0. The number of piperidine rings is 1. The summed E-state index contributed by atoms with van der Waals surface area (Å²) < 4.78 is 0. The summed E-state index contributed by atoms with van der Waals surface area (Å²) in [6.45, 7) is 6.92. The molecule has 2 aliphatic rings. The number of nitrogens with one attached hydrogen (secondary N) is 1. The molecule has 2 rings (SSSR count). The van der Waals surface area contributed by atoms with Gasteiger partial charge in [0.05, 0.1) is 6.54 Å². The standard InChI is InChI=1S/C15H29N3O/c1-12(2)17(3)15(19)11-18(14-7-8-14)10-13-6-4-5-9-16-13/h12-14,16H,4-11H2,1-3H3. The number of carbonyl (C=O) groups is 1. The fourth-order valence-electron chi connectivity index (χ4n) is 2.72. The van der Waals surface area contributed by atoms with Crippen LogP contribution in [-0.2, 0) is 4.79 Å². The van der Waals surface area contributed by atoms with E-state index in [4.69, 9.17) is 0 Å². The molecular formula is C15H29N3O. The summed E-state index contributed by atoms with van der Waals surface area (Å²) in [6, 6.07) is 1.54. The molecule has 110 valence electrons. The average Bonchev–Trinajstić information content (AvgIpc) is 3.22. The Morgan fingerprint density at radius 3 is 2.53 bits per heavy atom. The van der Waals surface area contributed by atoms with Gasteiger partial charge in [-0.3, -0.25) is 9.69 Å². The highest BCUT2D eigenvalue weighted by atomic mass is 16.2. The minimum atomic E-state index is 0.262. The quantitative estimate of drug-likeness (QED) is 0.791. The molecule has 1 saturated heterocycles. The van der Waals surface area contributed by atoms with Gasteiger partial charge >= 0.3 is 0 Å². The van der Waals surface area contributed by atoms with Gasteiger partial charge in [0.1, 0.15) is 0 Å². The molecule has 1 heterocycles. The lowest BCUT2D eigenvalue weighted by atomic mass is 10.0. The lowest BCUT2D eigenvalue weighted by Crippen LogP contribution is -2.48. The lowest BCUT2D eigenvalue weighted by Gasteiger charge is -2.32. The van der Waals surface area contributed by atoms with Crippen molar-refractivity contribution in [3.63, 3.8) is 0 Å². The normalized spacial score (nSPS) is 23.9. The second kappa shape index (κ2) is 6.71. The van der Waals surface area contributed by atoms with Crippen LogP contribution in [0.4, 0.5) is 0 Å².